The van der Waals surface area contributed by atoms with Gasteiger partial charge in [-0.05, 0) is 24.7 Å². The maximum absolute atomic E-state index is 4.39. The Morgan fingerprint density at radius 1 is 0.960 bits per heavy atom. The van der Waals surface area contributed by atoms with Crippen molar-refractivity contribution >= 4 is 0 Å². The molecule has 2 heterocycles. The van der Waals surface area contributed by atoms with Gasteiger partial charge in [0.15, 0.2) is 0 Å². The maximum atomic E-state index is 4.39. The van der Waals surface area contributed by atoms with E-state index in [2.05, 4.69) is 57.5 Å². The van der Waals surface area contributed by atoms with Crippen LogP contribution in [0.5, 0.6) is 0 Å². The van der Waals surface area contributed by atoms with E-state index in [0.29, 0.717) is 6.04 Å². The van der Waals surface area contributed by atoms with E-state index in [1.807, 2.05) is 41.2 Å². The van der Waals surface area contributed by atoms with E-state index in [0.717, 1.165) is 37.6 Å². The molecular weight excluding hydrogens is 310 g/mol. The van der Waals surface area contributed by atoms with Gasteiger partial charge in [0, 0.05) is 32.2 Å². The second kappa shape index (κ2) is 7.17. The zero-order valence-corrected chi connectivity index (χ0v) is 14.5. The van der Waals surface area contributed by atoms with Crippen LogP contribution in [0.25, 0.3) is 5.69 Å². The normalized spacial score (nSPS) is 19.2. The Bertz CT molecular complexity index is 799. The number of hydrogen-bond acceptors (Lipinski definition) is 4. The van der Waals surface area contributed by atoms with Crippen LogP contribution < -0.4 is 0 Å². The summed E-state index contributed by atoms with van der Waals surface area (Å²) in [5, 5.41) is 8.69. The van der Waals surface area contributed by atoms with E-state index < -0.39 is 0 Å². The molecule has 25 heavy (non-hydrogen) atoms. The van der Waals surface area contributed by atoms with Gasteiger partial charge >= 0.3 is 0 Å². The van der Waals surface area contributed by atoms with Crippen LogP contribution in [0.2, 0.25) is 0 Å². The highest BCUT2D eigenvalue weighted by atomic mass is 15.4. The van der Waals surface area contributed by atoms with E-state index in [1.54, 1.807) is 0 Å². The molecule has 1 saturated heterocycles. The summed E-state index contributed by atoms with van der Waals surface area (Å²) in [4.78, 5) is 4.91. The quantitative estimate of drug-likeness (QED) is 0.736. The molecule has 3 aromatic rings. The van der Waals surface area contributed by atoms with Crippen LogP contribution in [0, 0.1) is 0 Å². The van der Waals surface area contributed by atoms with Crippen LogP contribution >= 0.6 is 0 Å². The molecule has 1 atom stereocenters. The summed E-state index contributed by atoms with van der Waals surface area (Å²) < 4.78 is 1.85. The van der Waals surface area contributed by atoms with Gasteiger partial charge in [0.1, 0.15) is 0 Å². The zero-order chi connectivity index (χ0) is 17.1. The lowest BCUT2D eigenvalue weighted by Gasteiger charge is -2.40. The molecule has 0 radical (unpaired) electrons. The molecular formula is C20H23N5. The fourth-order valence-electron chi connectivity index (χ4n) is 3.42. The van der Waals surface area contributed by atoms with Crippen molar-refractivity contribution in [2.45, 2.75) is 12.6 Å². The van der Waals surface area contributed by atoms with Gasteiger partial charge in [-0.1, -0.05) is 53.7 Å². The number of benzene rings is 2. The molecule has 1 aromatic heterocycles. The van der Waals surface area contributed by atoms with Gasteiger partial charge in [0.2, 0.25) is 0 Å². The van der Waals surface area contributed by atoms with Crippen LogP contribution in [0.3, 0.4) is 0 Å². The Kier molecular flexibility index (Phi) is 4.59. The largest absolute Gasteiger partial charge is 0.303 e. The number of likely N-dealkylation sites (N-methyl/N-ethyl adjacent to an activating group) is 1. The van der Waals surface area contributed by atoms with Crippen molar-refractivity contribution in [2.24, 2.45) is 0 Å². The Morgan fingerprint density at radius 3 is 2.44 bits per heavy atom. The van der Waals surface area contributed by atoms with Gasteiger partial charge in [0.05, 0.1) is 17.6 Å². The first kappa shape index (κ1) is 16.0. The molecule has 1 fully saturated rings. The second-order valence-corrected chi connectivity index (χ2v) is 6.65. The molecule has 0 bridgehead atoms. The maximum Gasteiger partial charge on any atom is 0.0972 e. The van der Waals surface area contributed by atoms with Crippen molar-refractivity contribution in [1.29, 1.82) is 0 Å². The molecule has 1 aliphatic rings. The first-order valence-corrected chi connectivity index (χ1v) is 8.74. The monoisotopic (exact) mass is 333 g/mol. The Hall–Kier alpha value is -2.50. The van der Waals surface area contributed by atoms with Crippen molar-refractivity contribution in [3.8, 4) is 5.69 Å². The van der Waals surface area contributed by atoms with E-state index in [9.17, 15) is 0 Å². The lowest BCUT2D eigenvalue weighted by molar-refractivity contribution is 0.0822. The minimum atomic E-state index is 0.391. The average molecular weight is 333 g/mol. The third-order valence-corrected chi connectivity index (χ3v) is 4.81. The summed E-state index contributed by atoms with van der Waals surface area (Å²) >= 11 is 0. The molecule has 0 amide bonds. The van der Waals surface area contributed by atoms with Crippen LogP contribution in [0.1, 0.15) is 17.3 Å². The Morgan fingerprint density at radius 2 is 1.68 bits per heavy atom. The summed E-state index contributed by atoms with van der Waals surface area (Å²) in [5.74, 6) is 0. The molecule has 128 valence electrons. The summed E-state index contributed by atoms with van der Waals surface area (Å²) in [5.41, 5.74) is 3.41. The van der Waals surface area contributed by atoms with Gasteiger partial charge in [-0.3, -0.25) is 4.90 Å². The molecule has 0 unspecified atom stereocenters. The summed E-state index contributed by atoms with van der Waals surface area (Å²) in [6.45, 7) is 3.97. The van der Waals surface area contributed by atoms with Crippen molar-refractivity contribution < 1.29 is 0 Å². The highest BCUT2D eigenvalue weighted by molar-refractivity contribution is 5.30. The number of rotatable bonds is 4. The molecule has 5 nitrogen and oxygen atoms in total. The summed E-state index contributed by atoms with van der Waals surface area (Å²) in [6.07, 6.45) is 2.04. The predicted molar refractivity (Wildman–Crippen MR) is 98.4 cm³/mol. The minimum Gasteiger partial charge on any atom is -0.303 e. The molecule has 0 aliphatic carbocycles. The number of piperazine rings is 1. The Balaban J connectivity index is 1.53. The van der Waals surface area contributed by atoms with Crippen molar-refractivity contribution in [1.82, 2.24) is 24.8 Å². The van der Waals surface area contributed by atoms with Crippen LogP contribution in [0.4, 0.5) is 0 Å². The molecule has 1 aliphatic heterocycles. The summed E-state index contributed by atoms with van der Waals surface area (Å²) in [6, 6.07) is 21.3. The van der Waals surface area contributed by atoms with E-state index >= 15 is 0 Å². The lowest BCUT2D eigenvalue weighted by Crippen LogP contribution is -2.46. The van der Waals surface area contributed by atoms with Gasteiger partial charge < -0.3 is 4.90 Å². The molecule has 0 saturated carbocycles. The molecule has 5 heteroatoms. The van der Waals surface area contributed by atoms with Crippen molar-refractivity contribution in [3.05, 3.63) is 78.1 Å². The number of hydrogen-bond donors (Lipinski definition) is 0. The topological polar surface area (TPSA) is 37.2 Å². The van der Waals surface area contributed by atoms with Gasteiger partial charge in [-0.25, -0.2) is 4.68 Å². The zero-order valence-electron chi connectivity index (χ0n) is 14.5. The minimum absolute atomic E-state index is 0.391. The summed E-state index contributed by atoms with van der Waals surface area (Å²) in [7, 11) is 2.19. The van der Waals surface area contributed by atoms with Crippen LogP contribution in [-0.2, 0) is 6.54 Å². The molecule has 2 aromatic carbocycles. The third-order valence-electron chi connectivity index (χ3n) is 4.81. The van der Waals surface area contributed by atoms with Gasteiger partial charge in [-0.2, -0.15) is 0 Å². The molecule has 0 N–H and O–H groups in total. The number of para-hydroxylation sites is 1. The number of aromatic nitrogens is 3. The molecule has 4 rings (SSSR count). The second-order valence-electron chi connectivity index (χ2n) is 6.65. The standard InChI is InChI=1S/C20H23N5/c1-23-12-13-24(20(16-23)17-8-4-2-5-9-17)14-18-15-25(22-21-18)19-10-6-3-7-11-19/h2-11,15,20H,12-14,16H2,1H3/t20-/m1/s1. The number of nitrogens with zero attached hydrogens (tertiary/aromatic N) is 5. The van der Waals surface area contributed by atoms with Crippen LogP contribution in [0.15, 0.2) is 66.9 Å². The van der Waals surface area contributed by atoms with Gasteiger partial charge in [-0.15, -0.1) is 5.10 Å². The van der Waals surface area contributed by atoms with Crippen molar-refractivity contribution in [3.63, 3.8) is 0 Å². The first-order valence-electron chi connectivity index (χ1n) is 8.74. The highest BCUT2D eigenvalue weighted by Gasteiger charge is 2.27. The average Bonchev–Trinajstić information content (AvgIpc) is 3.13. The molecule has 0 spiro atoms. The van der Waals surface area contributed by atoms with Crippen LogP contribution in [-0.4, -0.2) is 51.5 Å². The van der Waals surface area contributed by atoms with E-state index in [1.165, 1.54) is 5.56 Å². The fourth-order valence-corrected chi connectivity index (χ4v) is 3.42. The SMILES string of the molecule is CN1CCN(Cc2cn(-c3ccccc3)nn2)[C@@H](c2ccccc2)C1. The van der Waals surface area contributed by atoms with Gasteiger partial charge in [0.25, 0.3) is 0 Å². The van der Waals surface area contributed by atoms with E-state index in [4.69, 9.17) is 0 Å². The lowest BCUT2D eigenvalue weighted by atomic mass is 10.0. The third kappa shape index (κ3) is 3.62. The smallest absolute Gasteiger partial charge is 0.0972 e. The highest BCUT2D eigenvalue weighted by Crippen LogP contribution is 2.26. The van der Waals surface area contributed by atoms with Crippen molar-refractivity contribution in [2.75, 3.05) is 26.7 Å². The first-order chi connectivity index (χ1) is 12.3. The van der Waals surface area contributed by atoms with E-state index in [-0.39, 0.29) is 0 Å². The Labute approximate surface area is 148 Å². The predicted octanol–water partition coefficient (Wildman–Crippen LogP) is 2.76. The fraction of sp³-hybridized carbons (Fsp3) is 0.300.